The molecule has 12 nitrogen and oxygen atoms in total. The average molecular weight is 481 g/mol. The van der Waals surface area contributed by atoms with E-state index >= 15 is 0 Å². The lowest BCUT2D eigenvalue weighted by molar-refractivity contribution is 0.715. The van der Waals surface area contributed by atoms with E-state index in [2.05, 4.69) is 63.3 Å². The molecule has 4 N–H and O–H groups in total. The van der Waals surface area contributed by atoms with Gasteiger partial charge in [0.25, 0.3) is 0 Å². The first-order valence-electron chi connectivity index (χ1n) is 9.63. The highest BCUT2D eigenvalue weighted by Gasteiger charge is 2.19. The van der Waals surface area contributed by atoms with Crippen LogP contribution in [0.4, 0.5) is 23.8 Å². The van der Waals surface area contributed by atoms with E-state index in [0.717, 1.165) is 0 Å². The highest BCUT2D eigenvalue weighted by molar-refractivity contribution is 6.28. The number of nitrogens with zero attached hydrogens (tertiary/aromatic N) is 8. The molecule has 0 bridgehead atoms. The van der Waals surface area contributed by atoms with Crippen molar-refractivity contribution in [3.8, 4) is 12.1 Å². The zero-order valence-electron chi connectivity index (χ0n) is 18.7. The summed E-state index contributed by atoms with van der Waals surface area (Å²) in [5.74, 6) is 1.34. The van der Waals surface area contributed by atoms with Gasteiger partial charge in [-0.15, -0.1) is 0 Å². The molecular formula is C18H26Cl2N12. The van der Waals surface area contributed by atoms with Gasteiger partial charge in [-0.25, -0.2) is 0 Å². The number of halogens is 2. The summed E-state index contributed by atoms with van der Waals surface area (Å²) in [5, 5.41) is 29.5. The third kappa shape index (κ3) is 9.73. The summed E-state index contributed by atoms with van der Waals surface area (Å²) in [5.41, 5.74) is -1.51. The SMILES string of the molecule is CCNc1nc(Cl)nc(NC(C)(C)C#N)n1.CCNc1nc(Cl)nc(NC(C)(C)C#N)n1. The molecular weight excluding hydrogens is 455 g/mol. The topological polar surface area (TPSA) is 173 Å². The number of hydrogen-bond donors (Lipinski definition) is 4. The predicted molar refractivity (Wildman–Crippen MR) is 125 cm³/mol. The molecule has 2 aromatic rings. The summed E-state index contributed by atoms with van der Waals surface area (Å²) >= 11 is 11.5. The van der Waals surface area contributed by atoms with Crippen LogP contribution in [0.1, 0.15) is 41.5 Å². The molecule has 172 valence electrons. The summed E-state index contributed by atoms with van der Waals surface area (Å²) in [4.78, 5) is 23.7. The van der Waals surface area contributed by atoms with E-state index in [9.17, 15) is 0 Å². The molecule has 32 heavy (non-hydrogen) atoms. The smallest absolute Gasteiger partial charge is 0.230 e. The van der Waals surface area contributed by atoms with Gasteiger partial charge in [-0.1, -0.05) is 0 Å². The van der Waals surface area contributed by atoms with E-state index in [0.29, 0.717) is 25.0 Å². The molecule has 0 aromatic carbocycles. The normalized spacial score (nSPS) is 10.7. The number of hydrogen-bond acceptors (Lipinski definition) is 12. The Morgan fingerprint density at radius 1 is 0.656 bits per heavy atom. The van der Waals surface area contributed by atoms with E-state index in [1.54, 1.807) is 27.7 Å². The fourth-order valence-electron chi connectivity index (χ4n) is 1.90. The minimum Gasteiger partial charge on any atom is -0.354 e. The summed E-state index contributed by atoms with van der Waals surface area (Å²) < 4.78 is 0. The molecule has 0 aliphatic heterocycles. The van der Waals surface area contributed by atoms with Gasteiger partial charge in [0.15, 0.2) is 0 Å². The van der Waals surface area contributed by atoms with Gasteiger partial charge < -0.3 is 21.3 Å². The van der Waals surface area contributed by atoms with Gasteiger partial charge in [0.05, 0.1) is 12.1 Å². The van der Waals surface area contributed by atoms with Crippen LogP contribution in [0, 0.1) is 22.7 Å². The van der Waals surface area contributed by atoms with Crippen LogP contribution in [-0.2, 0) is 0 Å². The maximum Gasteiger partial charge on any atom is 0.230 e. The molecule has 2 rings (SSSR count). The average Bonchev–Trinajstić information content (AvgIpc) is 2.67. The third-order valence-electron chi connectivity index (χ3n) is 3.29. The Kier molecular flexibility index (Phi) is 10.0. The molecule has 0 unspecified atom stereocenters. The second-order valence-electron chi connectivity index (χ2n) is 7.29. The molecule has 0 aliphatic rings. The summed E-state index contributed by atoms with van der Waals surface area (Å²) in [6.45, 7) is 12.1. The van der Waals surface area contributed by atoms with Crippen molar-refractivity contribution >= 4 is 47.0 Å². The summed E-state index contributed by atoms with van der Waals surface area (Å²) in [6, 6.07) is 4.17. The Balaban J connectivity index is 0.000000320. The fourth-order valence-corrected chi connectivity index (χ4v) is 2.22. The van der Waals surface area contributed by atoms with E-state index < -0.39 is 11.1 Å². The number of nitrogens with one attached hydrogen (secondary N) is 4. The van der Waals surface area contributed by atoms with E-state index in [4.69, 9.17) is 33.7 Å². The first kappa shape index (κ1) is 26.8. The second kappa shape index (κ2) is 12.0. The molecule has 0 atom stereocenters. The molecule has 0 radical (unpaired) electrons. The Hall–Kier alpha value is -3.22. The van der Waals surface area contributed by atoms with Crippen molar-refractivity contribution in [2.24, 2.45) is 0 Å². The summed E-state index contributed by atoms with van der Waals surface area (Å²) in [7, 11) is 0. The first-order chi connectivity index (χ1) is 14.9. The molecule has 2 heterocycles. The summed E-state index contributed by atoms with van der Waals surface area (Å²) in [6.07, 6.45) is 0. The Labute approximate surface area is 197 Å². The Bertz CT molecular complexity index is 901. The van der Waals surface area contributed by atoms with Gasteiger partial charge in [0, 0.05) is 13.1 Å². The van der Waals surface area contributed by atoms with Gasteiger partial charge in [0.2, 0.25) is 34.4 Å². The van der Waals surface area contributed by atoms with Crippen LogP contribution in [0.25, 0.3) is 0 Å². The minimum absolute atomic E-state index is 0.0854. The number of nitriles is 2. The lowest BCUT2D eigenvalue weighted by Gasteiger charge is -2.17. The van der Waals surface area contributed by atoms with E-state index in [1.165, 1.54) is 0 Å². The van der Waals surface area contributed by atoms with Crippen LogP contribution in [0.2, 0.25) is 10.6 Å². The van der Waals surface area contributed by atoms with Gasteiger partial charge in [-0.05, 0) is 64.7 Å². The first-order valence-corrected chi connectivity index (χ1v) is 10.4. The van der Waals surface area contributed by atoms with Crippen LogP contribution in [0.15, 0.2) is 0 Å². The van der Waals surface area contributed by atoms with Crippen LogP contribution in [0.5, 0.6) is 0 Å². The standard InChI is InChI=1S/2C9H13ClN6/c2*1-4-12-7-13-6(10)14-8(15-7)16-9(2,3)5-11/h2*4H2,1-3H3,(H2,12,13,14,15,16). The van der Waals surface area contributed by atoms with E-state index in [1.807, 2.05) is 13.8 Å². The van der Waals surface area contributed by atoms with Crippen molar-refractivity contribution in [2.45, 2.75) is 52.6 Å². The zero-order valence-corrected chi connectivity index (χ0v) is 20.3. The molecule has 0 amide bonds. The van der Waals surface area contributed by atoms with Crippen molar-refractivity contribution in [1.29, 1.82) is 10.5 Å². The van der Waals surface area contributed by atoms with Gasteiger partial charge in [0.1, 0.15) is 11.1 Å². The molecule has 0 aliphatic carbocycles. The highest BCUT2D eigenvalue weighted by Crippen LogP contribution is 2.15. The van der Waals surface area contributed by atoms with Crippen LogP contribution >= 0.6 is 23.2 Å². The minimum atomic E-state index is -0.756. The Morgan fingerprint density at radius 2 is 0.969 bits per heavy atom. The van der Waals surface area contributed by atoms with Crippen molar-refractivity contribution in [2.75, 3.05) is 34.4 Å². The van der Waals surface area contributed by atoms with Crippen molar-refractivity contribution in [1.82, 2.24) is 29.9 Å². The van der Waals surface area contributed by atoms with Crippen molar-refractivity contribution in [3.05, 3.63) is 10.6 Å². The molecule has 0 saturated carbocycles. The third-order valence-corrected chi connectivity index (χ3v) is 3.63. The van der Waals surface area contributed by atoms with E-state index in [-0.39, 0.29) is 22.5 Å². The number of anilines is 4. The van der Waals surface area contributed by atoms with Crippen LogP contribution in [-0.4, -0.2) is 54.1 Å². The van der Waals surface area contributed by atoms with Gasteiger partial charge in [-0.2, -0.15) is 40.4 Å². The molecule has 0 saturated heterocycles. The predicted octanol–water partition coefficient (Wildman–Crippen LogP) is 3.34. The maximum absolute atomic E-state index is 8.87. The second-order valence-corrected chi connectivity index (χ2v) is 7.96. The van der Waals surface area contributed by atoms with Gasteiger partial charge >= 0.3 is 0 Å². The Morgan fingerprint density at radius 3 is 1.25 bits per heavy atom. The molecule has 2 aromatic heterocycles. The molecule has 0 fully saturated rings. The zero-order chi connectivity index (χ0) is 24.4. The number of aromatic nitrogens is 6. The largest absolute Gasteiger partial charge is 0.354 e. The van der Waals surface area contributed by atoms with Crippen molar-refractivity contribution < 1.29 is 0 Å². The quantitative estimate of drug-likeness (QED) is 0.434. The number of rotatable bonds is 8. The highest BCUT2D eigenvalue weighted by atomic mass is 35.5. The maximum atomic E-state index is 8.87. The molecule has 14 heteroatoms. The molecule has 0 spiro atoms. The van der Waals surface area contributed by atoms with Crippen molar-refractivity contribution in [3.63, 3.8) is 0 Å². The van der Waals surface area contributed by atoms with Gasteiger partial charge in [-0.3, -0.25) is 0 Å². The van der Waals surface area contributed by atoms with Crippen LogP contribution in [0.3, 0.4) is 0 Å². The monoisotopic (exact) mass is 480 g/mol. The van der Waals surface area contributed by atoms with Crippen LogP contribution < -0.4 is 21.3 Å². The fraction of sp³-hybridized carbons (Fsp3) is 0.556. The lowest BCUT2D eigenvalue weighted by Crippen LogP contribution is -2.29. The lowest BCUT2D eigenvalue weighted by atomic mass is 10.1.